The minimum atomic E-state index is 0.757. The van der Waals surface area contributed by atoms with Gasteiger partial charge in [0, 0.05) is 25.3 Å². The minimum absolute atomic E-state index is 0.757. The van der Waals surface area contributed by atoms with E-state index in [2.05, 4.69) is 45.2 Å². The number of nitrogens with one attached hydrogen (secondary N) is 1. The molecule has 0 radical (unpaired) electrons. The van der Waals surface area contributed by atoms with Crippen LogP contribution < -0.4 is 5.32 Å². The molecule has 0 amide bonds. The second kappa shape index (κ2) is 6.02. The van der Waals surface area contributed by atoms with Gasteiger partial charge in [0.1, 0.15) is 0 Å². The van der Waals surface area contributed by atoms with E-state index in [1.807, 2.05) is 12.5 Å². The van der Waals surface area contributed by atoms with Crippen molar-refractivity contribution in [3.8, 4) is 0 Å². The third-order valence-corrected chi connectivity index (χ3v) is 3.66. The normalized spacial score (nSPS) is 14.7. The highest BCUT2D eigenvalue weighted by atomic mass is 15.1. The van der Waals surface area contributed by atoms with Crippen molar-refractivity contribution >= 4 is 0 Å². The maximum atomic E-state index is 4.27. The van der Waals surface area contributed by atoms with Gasteiger partial charge in [-0.25, -0.2) is 4.98 Å². The third kappa shape index (κ3) is 3.67. The Balaban J connectivity index is 1.47. The quantitative estimate of drug-likeness (QED) is 0.824. The van der Waals surface area contributed by atoms with Gasteiger partial charge < -0.3 is 9.88 Å². The fraction of sp³-hybridized carbons (Fsp3) is 0.438. The van der Waals surface area contributed by atoms with Crippen LogP contribution in [0.25, 0.3) is 0 Å². The summed E-state index contributed by atoms with van der Waals surface area (Å²) in [5, 5.41) is 3.55. The van der Waals surface area contributed by atoms with E-state index in [1.54, 1.807) is 0 Å². The molecule has 1 fully saturated rings. The molecule has 1 heterocycles. The van der Waals surface area contributed by atoms with Gasteiger partial charge >= 0.3 is 0 Å². The molecule has 0 aliphatic heterocycles. The molecule has 1 saturated carbocycles. The van der Waals surface area contributed by atoms with Crippen LogP contribution in [0.2, 0.25) is 0 Å². The lowest BCUT2D eigenvalue weighted by Crippen LogP contribution is -2.18. The molecule has 3 rings (SSSR count). The first-order valence-electron chi connectivity index (χ1n) is 7.18. The van der Waals surface area contributed by atoms with E-state index in [-0.39, 0.29) is 0 Å². The number of nitrogens with zero attached hydrogens (tertiary/aromatic N) is 2. The van der Waals surface area contributed by atoms with Crippen molar-refractivity contribution in [1.29, 1.82) is 0 Å². The number of hydrogen-bond acceptors (Lipinski definition) is 2. The van der Waals surface area contributed by atoms with Gasteiger partial charge in [-0.15, -0.1) is 0 Å². The largest absolute Gasteiger partial charge is 0.333 e. The van der Waals surface area contributed by atoms with E-state index in [9.17, 15) is 0 Å². The Bertz CT molecular complexity index is 500. The zero-order valence-electron chi connectivity index (χ0n) is 11.3. The summed E-state index contributed by atoms with van der Waals surface area (Å²) in [7, 11) is 0. The molecule has 1 aromatic carbocycles. The predicted octanol–water partition coefficient (Wildman–Crippen LogP) is 2.77. The molecule has 2 aromatic rings. The molecule has 1 aromatic heterocycles. The molecule has 0 unspecified atom stereocenters. The molecule has 1 aliphatic carbocycles. The Hall–Kier alpha value is -1.61. The predicted molar refractivity (Wildman–Crippen MR) is 76.9 cm³/mol. The van der Waals surface area contributed by atoms with E-state index in [0.717, 1.165) is 32.0 Å². The highest BCUT2D eigenvalue weighted by molar-refractivity contribution is 5.14. The van der Waals surface area contributed by atoms with Crippen LogP contribution in [0.3, 0.4) is 0 Å². The van der Waals surface area contributed by atoms with E-state index in [4.69, 9.17) is 0 Å². The Morgan fingerprint density at radius 3 is 2.84 bits per heavy atom. The summed E-state index contributed by atoms with van der Waals surface area (Å²) in [6.45, 7) is 2.01. The third-order valence-electron chi connectivity index (χ3n) is 3.66. The Morgan fingerprint density at radius 1 is 1.21 bits per heavy atom. The second-order valence-electron chi connectivity index (χ2n) is 5.32. The smallest absolute Gasteiger partial charge is 0.0948 e. The van der Waals surface area contributed by atoms with Crippen LogP contribution in [0.15, 0.2) is 42.9 Å². The molecular weight excluding hydrogens is 234 g/mol. The lowest BCUT2D eigenvalue weighted by Gasteiger charge is -2.08. The van der Waals surface area contributed by atoms with Gasteiger partial charge in [0.25, 0.3) is 0 Å². The van der Waals surface area contributed by atoms with Crippen LogP contribution in [0.4, 0.5) is 0 Å². The molecule has 100 valence electrons. The van der Waals surface area contributed by atoms with Gasteiger partial charge in [0.15, 0.2) is 0 Å². The number of hydrogen-bond donors (Lipinski definition) is 1. The van der Waals surface area contributed by atoms with Crippen LogP contribution in [-0.4, -0.2) is 15.6 Å². The van der Waals surface area contributed by atoms with Gasteiger partial charge in [-0.2, -0.15) is 0 Å². The highest BCUT2D eigenvalue weighted by Crippen LogP contribution is 2.19. The van der Waals surface area contributed by atoms with Crippen molar-refractivity contribution in [1.82, 2.24) is 14.9 Å². The highest BCUT2D eigenvalue weighted by Gasteiger charge is 2.20. The fourth-order valence-corrected chi connectivity index (χ4v) is 2.33. The molecule has 19 heavy (non-hydrogen) atoms. The first-order chi connectivity index (χ1) is 9.42. The SMILES string of the molecule is c1ccc(CCCn2cncc2CNC2CC2)cc1. The summed E-state index contributed by atoms with van der Waals surface area (Å²) in [4.78, 5) is 4.27. The Kier molecular flexibility index (Phi) is 3.94. The molecular formula is C16H21N3. The summed E-state index contributed by atoms with van der Waals surface area (Å²) in [6, 6.07) is 11.4. The lowest BCUT2D eigenvalue weighted by atomic mass is 10.1. The van der Waals surface area contributed by atoms with Crippen LogP contribution in [0.5, 0.6) is 0 Å². The Morgan fingerprint density at radius 2 is 2.05 bits per heavy atom. The average molecular weight is 255 g/mol. The molecule has 0 bridgehead atoms. The molecule has 0 spiro atoms. The molecule has 3 nitrogen and oxygen atoms in total. The van der Waals surface area contributed by atoms with Crippen molar-refractivity contribution < 1.29 is 0 Å². The minimum Gasteiger partial charge on any atom is -0.333 e. The van der Waals surface area contributed by atoms with Crippen molar-refractivity contribution in [2.24, 2.45) is 0 Å². The van der Waals surface area contributed by atoms with Gasteiger partial charge in [-0.05, 0) is 31.2 Å². The first-order valence-corrected chi connectivity index (χ1v) is 7.18. The van der Waals surface area contributed by atoms with Crippen molar-refractivity contribution in [2.75, 3.05) is 0 Å². The summed E-state index contributed by atoms with van der Waals surface area (Å²) < 4.78 is 2.28. The maximum Gasteiger partial charge on any atom is 0.0948 e. The number of rotatable bonds is 7. The number of aromatic nitrogens is 2. The summed E-state index contributed by atoms with van der Waals surface area (Å²) in [5.74, 6) is 0. The van der Waals surface area contributed by atoms with E-state index < -0.39 is 0 Å². The number of benzene rings is 1. The zero-order valence-corrected chi connectivity index (χ0v) is 11.3. The summed E-state index contributed by atoms with van der Waals surface area (Å²) in [5.41, 5.74) is 2.72. The van der Waals surface area contributed by atoms with Crippen molar-refractivity contribution in [3.05, 3.63) is 54.1 Å². The molecule has 1 N–H and O–H groups in total. The standard InChI is InChI=1S/C16H21N3/c1-2-5-14(6-3-1)7-4-10-19-13-17-11-16(19)12-18-15-8-9-15/h1-3,5-6,11,13,15,18H,4,7-10,12H2. The summed E-state index contributed by atoms with van der Waals surface area (Å²) in [6.07, 6.45) is 8.91. The van der Waals surface area contributed by atoms with E-state index in [1.165, 1.54) is 24.1 Å². The van der Waals surface area contributed by atoms with Gasteiger partial charge in [-0.1, -0.05) is 30.3 Å². The van der Waals surface area contributed by atoms with Crippen molar-refractivity contribution in [3.63, 3.8) is 0 Å². The van der Waals surface area contributed by atoms with Gasteiger partial charge in [-0.3, -0.25) is 0 Å². The topological polar surface area (TPSA) is 29.9 Å². The molecule has 0 saturated heterocycles. The first kappa shape index (κ1) is 12.4. The fourth-order valence-electron chi connectivity index (χ4n) is 2.33. The van der Waals surface area contributed by atoms with Crippen LogP contribution >= 0.6 is 0 Å². The molecule has 0 atom stereocenters. The van der Waals surface area contributed by atoms with Gasteiger partial charge in [0.05, 0.1) is 12.0 Å². The molecule has 1 aliphatic rings. The number of imidazole rings is 1. The average Bonchev–Trinajstić information content (AvgIpc) is 3.17. The lowest BCUT2D eigenvalue weighted by molar-refractivity contribution is 0.584. The van der Waals surface area contributed by atoms with E-state index in [0.29, 0.717) is 0 Å². The van der Waals surface area contributed by atoms with Crippen molar-refractivity contribution in [2.45, 2.75) is 44.8 Å². The van der Waals surface area contributed by atoms with Crippen LogP contribution in [-0.2, 0) is 19.5 Å². The second-order valence-corrected chi connectivity index (χ2v) is 5.32. The van der Waals surface area contributed by atoms with Gasteiger partial charge in [0.2, 0.25) is 0 Å². The molecule has 3 heteroatoms. The number of aryl methyl sites for hydroxylation is 2. The Labute approximate surface area is 114 Å². The zero-order chi connectivity index (χ0) is 12.9. The van der Waals surface area contributed by atoms with E-state index >= 15 is 0 Å². The summed E-state index contributed by atoms with van der Waals surface area (Å²) >= 11 is 0. The monoisotopic (exact) mass is 255 g/mol. The maximum absolute atomic E-state index is 4.27. The van der Waals surface area contributed by atoms with Crippen LogP contribution in [0.1, 0.15) is 30.5 Å². The van der Waals surface area contributed by atoms with Crippen LogP contribution in [0, 0.1) is 0 Å².